The Morgan fingerprint density at radius 1 is 1.05 bits per heavy atom. The second kappa shape index (κ2) is 5.67. The molecule has 0 saturated carbocycles. The second-order valence-corrected chi connectivity index (χ2v) is 4.93. The molecule has 0 aliphatic carbocycles. The van der Waals surface area contributed by atoms with Gasteiger partial charge in [-0.25, -0.2) is 9.97 Å². The Balaban J connectivity index is 1.67. The number of hydrogen-bond acceptors (Lipinski definition) is 6. The smallest absolute Gasteiger partial charge is 0.129 e. The molecule has 1 saturated heterocycles. The van der Waals surface area contributed by atoms with Gasteiger partial charge in [0.1, 0.15) is 11.6 Å². The zero-order valence-electron chi connectivity index (χ0n) is 11.6. The van der Waals surface area contributed by atoms with Crippen LogP contribution in [-0.4, -0.2) is 36.1 Å². The molecule has 2 aromatic rings. The third kappa shape index (κ3) is 2.87. The van der Waals surface area contributed by atoms with Crippen molar-refractivity contribution in [3.63, 3.8) is 0 Å². The minimum Gasteiger partial charge on any atom is -0.384 e. The van der Waals surface area contributed by atoms with E-state index in [1.165, 1.54) is 0 Å². The molecule has 21 heavy (non-hydrogen) atoms. The van der Waals surface area contributed by atoms with Gasteiger partial charge in [-0.2, -0.15) is 5.26 Å². The first-order valence-electron chi connectivity index (χ1n) is 6.84. The Labute approximate surface area is 123 Å². The molecule has 0 radical (unpaired) electrons. The van der Waals surface area contributed by atoms with Crippen LogP contribution in [0.25, 0.3) is 0 Å². The van der Waals surface area contributed by atoms with Crippen molar-refractivity contribution in [3.05, 3.63) is 42.2 Å². The zero-order valence-corrected chi connectivity index (χ0v) is 11.6. The second-order valence-electron chi connectivity index (χ2n) is 4.93. The van der Waals surface area contributed by atoms with Gasteiger partial charge in [-0.3, -0.25) is 0 Å². The maximum atomic E-state index is 8.95. The van der Waals surface area contributed by atoms with Gasteiger partial charge in [-0.1, -0.05) is 0 Å². The molecule has 6 heteroatoms. The van der Waals surface area contributed by atoms with E-state index >= 15 is 0 Å². The summed E-state index contributed by atoms with van der Waals surface area (Å²) in [5.41, 5.74) is 7.34. The lowest BCUT2D eigenvalue weighted by molar-refractivity contribution is 0.647. The van der Waals surface area contributed by atoms with E-state index in [4.69, 9.17) is 11.0 Å². The number of anilines is 3. The Hall–Kier alpha value is -2.81. The first-order chi connectivity index (χ1) is 10.3. The molecule has 6 nitrogen and oxygen atoms in total. The number of nitrogens with zero attached hydrogens (tertiary/aromatic N) is 5. The van der Waals surface area contributed by atoms with Gasteiger partial charge in [-0.05, 0) is 24.3 Å². The molecule has 0 amide bonds. The van der Waals surface area contributed by atoms with E-state index in [0.717, 1.165) is 37.7 Å². The minimum atomic E-state index is 0.537. The Morgan fingerprint density at radius 3 is 2.48 bits per heavy atom. The lowest BCUT2D eigenvalue weighted by Crippen LogP contribution is -2.46. The molecule has 1 fully saturated rings. The normalized spacial score (nSPS) is 14.8. The molecule has 1 aliphatic heterocycles. The quantitative estimate of drug-likeness (QED) is 0.891. The zero-order chi connectivity index (χ0) is 14.7. The predicted octanol–water partition coefficient (Wildman–Crippen LogP) is 1.26. The molecule has 3 rings (SSSR count). The lowest BCUT2D eigenvalue weighted by atomic mass is 10.2. The van der Waals surface area contributed by atoms with Crippen LogP contribution < -0.4 is 15.5 Å². The van der Waals surface area contributed by atoms with Gasteiger partial charge < -0.3 is 15.5 Å². The van der Waals surface area contributed by atoms with Gasteiger partial charge in [0.25, 0.3) is 0 Å². The highest BCUT2D eigenvalue weighted by Gasteiger charge is 2.18. The Kier molecular flexibility index (Phi) is 3.56. The van der Waals surface area contributed by atoms with E-state index in [1.807, 2.05) is 18.2 Å². The molecule has 0 unspecified atom stereocenters. The number of nitrogen functional groups attached to an aromatic ring is 1. The van der Waals surface area contributed by atoms with Gasteiger partial charge in [-0.15, -0.1) is 0 Å². The summed E-state index contributed by atoms with van der Waals surface area (Å²) < 4.78 is 0. The summed E-state index contributed by atoms with van der Waals surface area (Å²) in [6.07, 6.45) is 3.49. The highest BCUT2D eigenvalue weighted by Crippen LogP contribution is 2.19. The molecule has 106 valence electrons. The van der Waals surface area contributed by atoms with Crippen molar-refractivity contribution in [1.82, 2.24) is 9.97 Å². The predicted molar refractivity (Wildman–Crippen MR) is 82.0 cm³/mol. The number of rotatable bonds is 2. The lowest BCUT2D eigenvalue weighted by Gasteiger charge is -2.36. The summed E-state index contributed by atoms with van der Waals surface area (Å²) in [6.45, 7) is 3.52. The molecule has 2 aromatic heterocycles. The summed E-state index contributed by atoms with van der Waals surface area (Å²) in [4.78, 5) is 12.9. The van der Waals surface area contributed by atoms with Gasteiger partial charge in [0.05, 0.1) is 23.5 Å². The van der Waals surface area contributed by atoms with Crippen molar-refractivity contribution in [1.29, 1.82) is 5.26 Å². The Morgan fingerprint density at radius 2 is 1.81 bits per heavy atom. The minimum absolute atomic E-state index is 0.537. The van der Waals surface area contributed by atoms with Crippen LogP contribution >= 0.6 is 0 Å². The van der Waals surface area contributed by atoms with E-state index in [9.17, 15) is 0 Å². The first-order valence-corrected chi connectivity index (χ1v) is 6.84. The molecular weight excluding hydrogens is 264 g/mol. The van der Waals surface area contributed by atoms with E-state index in [-0.39, 0.29) is 0 Å². The molecule has 0 spiro atoms. The fourth-order valence-corrected chi connectivity index (χ4v) is 2.44. The summed E-state index contributed by atoms with van der Waals surface area (Å²) in [5, 5.41) is 8.95. The van der Waals surface area contributed by atoms with Crippen molar-refractivity contribution < 1.29 is 0 Å². The van der Waals surface area contributed by atoms with Gasteiger partial charge in [0.2, 0.25) is 0 Å². The van der Waals surface area contributed by atoms with Gasteiger partial charge >= 0.3 is 0 Å². The molecule has 0 bridgehead atoms. The topological polar surface area (TPSA) is 82.1 Å². The maximum absolute atomic E-state index is 8.95. The fourth-order valence-electron chi connectivity index (χ4n) is 2.44. The summed E-state index contributed by atoms with van der Waals surface area (Å²) in [5.74, 6) is 1.40. The highest BCUT2D eigenvalue weighted by atomic mass is 15.3. The van der Waals surface area contributed by atoms with Crippen molar-refractivity contribution in [2.24, 2.45) is 0 Å². The molecule has 1 aliphatic rings. The van der Waals surface area contributed by atoms with Crippen LogP contribution in [0.4, 0.5) is 17.3 Å². The van der Waals surface area contributed by atoms with E-state index < -0.39 is 0 Å². The SMILES string of the molecule is N#Cc1ccnc(N2CCN(c3ccc(N)nc3)CC2)c1. The van der Waals surface area contributed by atoms with E-state index in [2.05, 4.69) is 25.8 Å². The van der Waals surface area contributed by atoms with Crippen LogP contribution in [0.2, 0.25) is 0 Å². The summed E-state index contributed by atoms with van der Waals surface area (Å²) in [6, 6.07) is 9.52. The number of pyridine rings is 2. The fraction of sp³-hybridized carbons (Fsp3) is 0.267. The van der Waals surface area contributed by atoms with Crippen molar-refractivity contribution in [3.8, 4) is 6.07 Å². The number of nitriles is 1. The van der Waals surface area contributed by atoms with E-state index in [1.54, 1.807) is 18.5 Å². The van der Waals surface area contributed by atoms with Crippen LogP contribution in [0.15, 0.2) is 36.7 Å². The van der Waals surface area contributed by atoms with E-state index in [0.29, 0.717) is 11.4 Å². The third-order valence-corrected chi connectivity index (χ3v) is 3.61. The summed E-state index contributed by atoms with van der Waals surface area (Å²) in [7, 11) is 0. The molecule has 2 N–H and O–H groups in total. The molecule has 0 atom stereocenters. The number of hydrogen-bond donors (Lipinski definition) is 1. The third-order valence-electron chi connectivity index (χ3n) is 3.61. The van der Waals surface area contributed by atoms with Crippen LogP contribution in [0.5, 0.6) is 0 Å². The number of aromatic nitrogens is 2. The van der Waals surface area contributed by atoms with Crippen LogP contribution in [0, 0.1) is 11.3 Å². The standard InChI is InChI=1S/C15H16N6/c16-10-12-3-4-18-15(9-12)21-7-5-20(6-8-21)13-1-2-14(17)19-11-13/h1-4,9,11H,5-8H2,(H2,17,19). The molecular formula is C15H16N6. The van der Waals surface area contributed by atoms with Crippen molar-refractivity contribution in [2.75, 3.05) is 41.7 Å². The van der Waals surface area contributed by atoms with Gasteiger partial charge in [0.15, 0.2) is 0 Å². The monoisotopic (exact) mass is 280 g/mol. The largest absolute Gasteiger partial charge is 0.384 e. The average molecular weight is 280 g/mol. The highest BCUT2D eigenvalue weighted by molar-refractivity contribution is 5.51. The number of piperazine rings is 1. The number of nitrogens with two attached hydrogens (primary N) is 1. The molecule has 3 heterocycles. The molecule has 0 aromatic carbocycles. The van der Waals surface area contributed by atoms with Crippen molar-refractivity contribution in [2.45, 2.75) is 0 Å². The van der Waals surface area contributed by atoms with Crippen LogP contribution in [-0.2, 0) is 0 Å². The maximum Gasteiger partial charge on any atom is 0.129 e. The van der Waals surface area contributed by atoms with Crippen molar-refractivity contribution >= 4 is 17.3 Å². The summed E-state index contributed by atoms with van der Waals surface area (Å²) >= 11 is 0. The average Bonchev–Trinajstić information content (AvgIpc) is 2.56. The van der Waals surface area contributed by atoms with Crippen LogP contribution in [0.1, 0.15) is 5.56 Å². The first kappa shape index (κ1) is 13.2. The van der Waals surface area contributed by atoms with Crippen LogP contribution in [0.3, 0.4) is 0 Å². The Bertz CT molecular complexity index is 653. The van der Waals surface area contributed by atoms with Gasteiger partial charge in [0, 0.05) is 32.4 Å².